The van der Waals surface area contributed by atoms with E-state index in [-0.39, 0.29) is 5.92 Å². The molecule has 0 amide bonds. The Morgan fingerprint density at radius 1 is 0.500 bits per heavy atom. The SMILES string of the molecule is CC1=CC(n2c3ccccc3c3ccccc32)(n2c3ccccc3c3ccccc32)C=CC1c1ccccc1C. The van der Waals surface area contributed by atoms with Crippen LogP contribution in [0.25, 0.3) is 43.6 Å². The molecule has 192 valence electrons. The number of allylic oxidation sites excluding steroid dienone is 4. The molecule has 8 rings (SSSR count). The molecule has 1 aliphatic carbocycles. The molecular formula is C38H30N2. The maximum absolute atomic E-state index is 2.56. The van der Waals surface area contributed by atoms with Crippen LogP contribution in [0, 0.1) is 6.92 Å². The molecule has 0 N–H and O–H groups in total. The maximum atomic E-state index is 2.56. The van der Waals surface area contributed by atoms with Crippen LogP contribution in [0.1, 0.15) is 24.0 Å². The summed E-state index contributed by atoms with van der Waals surface area (Å²) in [6.45, 7) is 4.52. The van der Waals surface area contributed by atoms with Gasteiger partial charge in [0, 0.05) is 27.5 Å². The van der Waals surface area contributed by atoms with E-state index in [1.807, 2.05) is 0 Å². The Labute approximate surface area is 234 Å². The molecule has 1 atom stereocenters. The lowest BCUT2D eigenvalue weighted by molar-refractivity contribution is 0.428. The van der Waals surface area contributed by atoms with E-state index in [0.29, 0.717) is 0 Å². The second-order valence-electron chi connectivity index (χ2n) is 11.1. The zero-order chi connectivity index (χ0) is 26.8. The van der Waals surface area contributed by atoms with Gasteiger partial charge < -0.3 is 9.13 Å². The second kappa shape index (κ2) is 8.59. The first-order valence-corrected chi connectivity index (χ1v) is 14.1. The van der Waals surface area contributed by atoms with Crippen molar-refractivity contribution in [2.75, 3.05) is 0 Å². The Kier molecular flexibility index (Phi) is 4.96. The number of aryl methyl sites for hydroxylation is 1. The van der Waals surface area contributed by atoms with Crippen molar-refractivity contribution in [3.05, 3.63) is 156 Å². The van der Waals surface area contributed by atoms with E-state index in [4.69, 9.17) is 0 Å². The van der Waals surface area contributed by atoms with Crippen molar-refractivity contribution in [3.63, 3.8) is 0 Å². The molecule has 0 aliphatic heterocycles. The van der Waals surface area contributed by atoms with Gasteiger partial charge in [0.15, 0.2) is 5.66 Å². The third-order valence-electron chi connectivity index (χ3n) is 8.86. The number of benzene rings is 5. The van der Waals surface area contributed by atoms with Gasteiger partial charge in [-0.25, -0.2) is 0 Å². The van der Waals surface area contributed by atoms with Crippen LogP contribution >= 0.6 is 0 Å². The fraction of sp³-hybridized carbons (Fsp3) is 0.105. The molecule has 1 unspecified atom stereocenters. The minimum atomic E-state index is -0.589. The first kappa shape index (κ1) is 23.1. The minimum absolute atomic E-state index is 0.232. The van der Waals surface area contributed by atoms with Crippen LogP contribution in [0.3, 0.4) is 0 Å². The monoisotopic (exact) mass is 514 g/mol. The molecule has 2 heteroatoms. The smallest absolute Gasteiger partial charge is 0.161 e. The average Bonchev–Trinajstić information content (AvgIpc) is 3.52. The molecule has 5 aromatic carbocycles. The van der Waals surface area contributed by atoms with Crippen LogP contribution in [-0.4, -0.2) is 9.13 Å². The van der Waals surface area contributed by atoms with Gasteiger partial charge in [-0.3, -0.25) is 0 Å². The Bertz CT molecular complexity index is 1930. The first-order chi connectivity index (χ1) is 19.7. The number of hydrogen-bond donors (Lipinski definition) is 0. The molecule has 1 aliphatic rings. The van der Waals surface area contributed by atoms with E-state index in [2.05, 4.69) is 163 Å². The van der Waals surface area contributed by atoms with Crippen LogP contribution in [0.15, 0.2) is 145 Å². The number of aromatic nitrogens is 2. The van der Waals surface area contributed by atoms with Crippen molar-refractivity contribution >= 4 is 43.6 Å². The highest BCUT2D eigenvalue weighted by Gasteiger charge is 2.38. The van der Waals surface area contributed by atoms with Gasteiger partial charge in [0.1, 0.15) is 0 Å². The van der Waals surface area contributed by atoms with Gasteiger partial charge >= 0.3 is 0 Å². The van der Waals surface area contributed by atoms with E-state index >= 15 is 0 Å². The fourth-order valence-corrected chi connectivity index (χ4v) is 7.14. The molecule has 0 bridgehead atoms. The van der Waals surface area contributed by atoms with Crippen LogP contribution in [0.5, 0.6) is 0 Å². The summed E-state index contributed by atoms with van der Waals surface area (Å²) in [5.41, 5.74) is 8.37. The molecule has 0 radical (unpaired) electrons. The lowest BCUT2D eigenvalue weighted by Crippen LogP contribution is -2.39. The van der Waals surface area contributed by atoms with Gasteiger partial charge in [-0.05, 0) is 61.4 Å². The van der Waals surface area contributed by atoms with Gasteiger partial charge in [-0.2, -0.15) is 0 Å². The lowest BCUT2D eigenvalue weighted by atomic mass is 9.82. The zero-order valence-electron chi connectivity index (χ0n) is 22.8. The van der Waals surface area contributed by atoms with Crippen molar-refractivity contribution in [2.24, 2.45) is 0 Å². The summed E-state index contributed by atoms with van der Waals surface area (Å²) in [5.74, 6) is 0.232. The zero-order valence-corrected chi connectivity index (χ0v) is 22.8. The second-order valence-corrected chi connectivity index (χ2v) is 11.1. The van der Waals surface area contributed by atoms with Gasteiger partial charge in [0.2, 0.25) is 0 Å². The van der Waals surface area contributed by atoms with E-state index in [1.165, 1.54) is 60.3 Å². The number of hydrogen-bond acceptors (Lipinski definition) is 0. The van der Waals surface area contributed by atoms with Crippen molar-refractivity contribution in [2.45, 2.75) is 25.4 Å². The Balaban J connectivity index is 1.54. The third-order valence-corrected chi connectivity index (χ3v) is 8.86. The van der Waals surface area contributed by atoms with Gasteiger partial charge in [0.05, 0.1) is 22.1 Å². The van der Waals surface area contributed by atoms with Gasteiger partial charge in [-0.15, -0.1) is 0 Å². The highest BCUT2D eigenvalue weighted by molar-refractivity contribution is 6.10. The summed E-state index contributed by atoms with van der Waals surface area (Å²) in [6.07, 6.45) is 7.40. The lowest BCUT2D eigenvalue weighted by Gasteiger charge is -2.39. The van der Waals surface area contributed by atoms with E-state index in [0.717, 1.165) is 0 Å². The number of nitrogens with zero attached hydrogens (tertiary/aromatic N) is 2. The number of fused-ring (bicyclic) bond motifs is 6. The molecule has 7 aromatic rings. The molecule has 0 saturated heterocycles. The molecule has 0 fully saturated rings. The summed E-state index contributed by atoms with van der Waals surface area (Å²) < 4.78 is 5.12. The molecule has 0 spiro atoms. The first-order valence-electron chi connectivity index (χ1n) is 14.1. The normalized spacial score (nSPS) is 16.8. The summed E-state index contributed by atoms with van der Waals surface area (Å²) in [4.78, 5) is 0. The molecule has 0 saturated carbocycles. The quantitative estimate of drug-likeness (QED) is 0.208. The molecule has 2 heterocycles. The Hall–Kier alpha value is -4.82. The summed E-state index contributed by atoms with van der Waals surface area (Å²) in [5, 5.41) is 5.11. The van der Waals surface area contributed by atoms with Crippen molar-refractivity contribution in [1.29, 1.82) is 0 Å². The largest absolute Gasteiger partial charge is 0.309 e. The van der Waals surface area contributed by atoms with Gasteiger partial charge in [-0.1, -0.05) is 109 Å². The fourth-order valence-electron chi connectivity index (χ4n) is 7.14. The average molecular weight is 515 g/mol. The van der Waals surface area contributed by atoms with E-state index in [9.17, 15) is 0 Å². The molecule has 2 nitrogen and oxygen atoms in total. The van der Waals surface area contributed by atoms with Crippen LogP contribution < -0.4 is 0 Å². The van der Waals surface area contributed by atoms with Crippen LogP contribution in [0.4, 0.5) is 0 Å². The van der Waals surface area contributed by atoms with E-state index in [1.54, 1.807) is 0 Å². The van der Waals surface area contributed by atoms with E-state index < -0.39 is 5.66 Å². The predicted octanol–water partition coefficient (Wildman–Crippen LogP) is 9.71. The Morgan fingerprint density at radius 3 is 1.32 bits per heavy atom. The van der Waals surface area contributed by atoms with Crippen molar-refractivity contribution in [1.82, 2.24) is 9.13 Å². The predicted molar refractivity (Wildman–Crippen MR) is 169 cm³/mol. The maximum Gasteiger partial charge on any atom is 0.161 e. The summed E-state index contributed by atoms with van der Waals surface area (Å²) >= 11 is 0. The molecule has 40 heavy (non-hydrogen) atoms. The third kappa shape index (κ3) is 3.11. The van der Waals surface area contributed by atoms with Crippen LogP contribution in [-0.2, 0) is 5.66 Å². The highest BCUT2D eigenvalue weighted by Crippen LogP contribution is 2.46. The number of para-hydroxylation sites is 4. The molecular weight excluding hydrogens is 484 g/mol. The number of rotatable bonds is 3. The Morgan fingerprint density at radius 2 is 0.900 bits per heavy atom. The minimum Gasteiger partial charge on any atom is -0.309 e. The topological polar surface area (TPSA) is 9.86 Å². The van der Waals surface area contributed by atoms with Crippen LogP contribution in [0.2, 0.25) is 0 Å². The van der Waals surface area contributed by atoms with Crippen molar-refractivity contribution < 1.29 is 0 Å². The summed E-state index contributed by atoms with van der Waals surface area (Å²) in [6, 6.07) is 44.2. The summed E-state index contributed by atoms with van der Waals surface area (Å²) in [7, 11) is 0. The molecule has 2 aromatic heterocycles. The van der Waals surface area contributed by atoms with Gasteiger partial charge in [0.25, 0.3) is 0 Å². The highest BCUT2D eigenvalue weighted by atomic mass is 15.3. The standard InChI is InChI=1S/C38H30N2/c1-26-13-3-4-14-28(26)29-23-24-38(25-27(29)2,39-34-19-9-5-15-30(34)31-16-6-10-20-35(31)39)40-36-21-11-7-17-32(36)33-18-8-12-22-37(33)40/h3-25,29H,1-2H3. The van der Waals surface area contributed by atoms with Crippen molar-refractivity contribution in [3.8, 4) is 0 Å².